The molecule has 248 valence electrons. The number of aromatic nitrogens is 2. The standard InChI is InChI=1S/C50H33N3/c1-51-26-25-41-38-15-7-8-16-39(38)43-31-37(21-22-40(41)43)53-47-18-10-9-17-42(47)44-28-34(19-23-48(44)53)35-20-24-49-45(29-35)46-27-32-11-5-6-12-33(32)30-50(46)52(49)36-13-3-2-4-14-36/h2-14,16-31H,1,15H2/b26-25-. The van der Waals surface area contributed by atoms with Gasteiger partial charge in [0.05, 0.1) is 22.1 Å². The molecule has 0 amide bonds. The molecule has 0 aliphatic heterocycles. The molecule has 3 nitrogen and oxygen atoms in total. The Morgan fingerprint density at radius 3 is 1.98 bits per heavy atom. The fourth-order valence-electron chi connectivity index (χ4n) is 8.85. The zero-order valence-corrected chi connectivity index (χ0v) is 29.0. The van der Waals surface area contributed by atoms with Crippen molar-refractivity contribution in [3.8, 4) is 22.5 Å². The van der Waals surface area contributed by atoms with Crippen molar-refractivity contribution in [2.45, 2.75) is 6.42 Å². The number of fused-ring (bicyclic) bond motifs is 10. The van der Waals surface area contributed by atoms with Gasteiger partial charge >= 0.3 is 0 Å². The van der Waals surface area contributed by atoms with Crippen LogP contribution in [0.15, 0.2) is 187 Å². The maximum Gasteiger partial charge on any atom is 0.0547 e. The Morgan fingerprint density at radius 2 is 1.19 bits per heavy atom. The Morgan fingerprint density at radius 1 is 0.528 bits per heavy atom. The summed E-state index contributed by atoms with van der Waals surface area (Å²) in [5.41, 5.74) is 16.0. The molecule has 0 saturated heterocycles. The molecule has 3 heteroatoms. The first-order valence-corrected chi connectivity index (χ1v) is 18.2. The zero-order valence-electron chi connectivity index (χ0n) is 29.0. The number of benzene rings is 7. The summed E-state index contributed by atoms with van der Waals surface area (Å²) in [6.07, 6.45) is 11.5. The van der Waals surface area contributed by atoms with E-state index in [1.54, 1.807) is 6.20 Å². The minimum absolute atomic E-state index is 0.917. The number of hydrogen-bond acceptors (Lipinski definition) is 1. The molecule has 0 saturated carbocycles. The maximum absolute atomic E-state index is 4.01. The number of rotatable bonds is 5. The van der Waals surface area contributed by atoms with Crippen molar-refractivity contribution in [2.75, 3.05) is 0 Å². The molecule has 2 aromatic heterocycles. The molecule has 2 heterocycles. The fraction of sp³-hybridized carbons (Fsp3) is 0.0200. The number of nitrogens with zero attached hydrogens (tertiary/aromatic N) is 3. The summed E-state index contributed by atoms with van der Waals surface area (Å²) < 4.78 is 4.83. The van der Waals surface area contributed by atoms with Crippen molar-refractivity contribution in [3.05, 3.63) is 193 Å². The second-order valence-electron chi connectivity index (χ2n) is 14.0. The van der Waals surface area contributed by atoms with Gasteiger partial charge in [-0.25, -0.2) is 0 Å². The van der Waals surface area contributed by atoms with Crippen LogP contribution >= 0.6 is 0 Å². The van der Waals surface area contributed by atoms with E-state index >= 15 is 0 Å². The SMILES string of the molecule is C=N/C=C\C1=C2CC=CC=C2c2cc(-n3c4ccccc4c4cc(-c5ccc6c(c5)c5cc7ccccc7cc5n6-c5ccccc5)ccc43)ccc21. The van der Waals surface area contributed by atoms with Gasteiger partial charge < -0.3 is 9.13 Å². The molecular weight excluding hydrogens is 643 g/mol. The molecule has 2 aliphatic rings. The molecule has 53 heavy (non-hydrogen) atoms. The van der Waals surface area contributed by atoms with E-state index in [0.717, 1.165) is 12.1 Å². The summed E-state index contributed by atoms with van der Waals surface area (Å²) >= 11 is 0. The molecule has 9 aromatic rings. The third-order valence-corrected chi connectivity index (χ3v) is 11.2. The molecular formula is C50H33N3. The Bertz CT molecular complexity index is 3140. The van der Waals surface area contributed by atoms with Gasteiger partial charge in [0.2, 0.25) is 0 Å². The summed E-state index contributed by atoms with van der Waals surface area (Å²) in [5, 5.41) is 7.51. The van der Waals surface area contributed by atoms with Gasteiger partial charge in [-0.15, -0.1) is 0 Å². The van der Waals surface area contributed by atoms with Crippen LogP contribution in [0, 0.1) is 0 Å². The number of hydrogen-bond donors (Lipinski definition) is 0. The van der Waals surface area contributed by atoms with E-state index in [9.17, 15) is 0 Å². The minimum atomic E-state index is 0.917. The monoisotopic (exact) mass is 675 g/mol. The van der Waals surface area contributed by atoms with E-state index in [1.165, 1.54) is 99.0 Å². The van der Waals surface area contributed by atoms with Gasteiger partial charge in [0.25, 0.3) is 0 Å². The third kappa shape index (κ3) is 4.44. The largest absolute Gasteiger partial charge is 0.309 e. The summed E-state index contributed by atoms with van der Waals surface area (Å²) in [7, 11) is 0. The van der Waals surface area contributed by atoms with Crippen LogP contribution in [0.5, 0.6) is 0 Å². The lowest BCUT2D eigenvalue weighted by molar-refractivity contribution is 1.18. The van der Waals surface area contributed by atoms with Crippen molar-refractivity contribution in [1.29, 1.82) is 0 Å². The average molecular weight is 676 g/mol. The van der Waals surface area contributed by atoms with Crippen LogP contribution in [0.25, 0.3) is 88.0 Å². The molecule has 0 spiro atoms. The van der Waals surface area contributed by atoms with Crippen LogP contribution in [0.1, 0.15) is 17.5 Å². The van der Waals surface area contributed by atoms with Crippen LogP contribution in [0.3, 0.4) is 0 Å². The van der Waals surface area contributed by atoms with Crippen molar-refractivity contribution in [2.24, 2.45) is 4.99 Å². The van der Waals surface area contributed by atoms with Gasteiger partial charge in [0.15, 0.2) is 0 Å². The smallest absolute Gasteiger partial charge is 0.0547 e. The van der Waals surface area contributed by atoms with Gasteiger partial charge in [0, 0.05) is 39.1 Å². The Balaban J connectivity index is 1.09. The van der Waals surface area contributed by atoms with Crippen LogP contribution in [0.4, 0.5) is 0 Å². The summed E-state index contributed by atoms with van der Waals surface area (Å²) in [5.74, 6) is 0. The van der Waals surface area contributed by atoms with Crippen LogP contribution in [0.2, 0.25) is 0 Å². The summed E-state index contributed by atoms with van der Waals surface area (Å²) in [6.45, 7) is 3.67. The average Bonchev–Trinajstić information content (AvgIpc) is 3.83. The Labute approximate surface area is 307 Å². The Kier molecular flexibility index (Phi) is 6.47. The second kappa shape index (κ2) is 11.5. The molecule has 0 radical (unpaired) electrons. The van der Waals surface area contributed by atoms with Gasteiger partial charge in [0.1, 0.15) is 0 Å². The molecule has 11 rings (SSSR count). The van der Waals surface area contributed by atoms with Gasteiger partial charge in [-0.05, 0) is 136 Å². The number of aliphatic imine (C=N–C) groups is 1. The van der Waals surface area contributed by atoms with Crippen molar-refractivity contribution >= 4 is 72.2 Å². The quantitative estimate of drug-likeness (QED) is 0.162. The first-order chi connectivity index (χ1) is 26.2. The highest BCUT2D eigenvalue weighted by atomic mass is 15.0. The number of allylic oxidation sites excluding steroid dienone is 7. The molecule has 0 bridgehead atoms. The summed E-state index contributed by atoms with van der Waals surface area (Å²) in [6, 6.07) is 53.7. The topological polar surface area (TPSA) is 22.2 Å². The van der Waals surface area contributed by atoms with E-state index in [-0.39, 0.29) is 0 Å². The molecule has 2 aliphatic carbocycles. The fourth-order valence-corrected chi connectivity index (χ4v) is 8.85. The molecule has 0 N–H and O–H groups in total. The van der Waals surface area contributed by atoms with E-state index in [4.69, 9.17) is 0 Å². The van der Waals surface area contributed by atoms with E-state index in [0.29, 0.717) is 0 Å². The molecule has 0 atom stereocenters. The molecule has 0 unspecified atom stereocenters. The predicted octanol–water partition coefficient (Wildman–Crippen LogP) is 13.0. The van der Waals surface area contributed by atoms with Crippen LogP contribution < -0.4 is 0 Å². The first kappa shape index (κ1) is 29.7. The van der Waals surface area contributed by atoms with Crippen molar-refractivity contribution < 1.29 is 0 Å². The summed E-state index contributed by atoms with van der Waals surface area (Å²) in [4.78, 5) is 4.01. The van der Waals surface area contributed by atoms with Gasteiger partial charge in [-0.3, -0.25) is 4.99 Å². The highest BCUT2D eigenvalue weighted by molar-refractivity contribution is 6.15. The predicted molar refractivity (Wildman–Crippen MR) is 225 cm³/mol. The Hall–Kier alpha value is -6.97. The first-order valence-electron chi connectivity index (χ1n) is 18.2. The zero-order chi connectivity index (χ0) is 35.0. The molecule has 0 fully saturated rings. The van der Waals surface area contributed by atoms with Crippen LogP contribution in [-0.2, 0) is 0 Å². The molecule has 7 aromatic carbocycles. The van der Waals surface area contributed by atoms with E-state index < -0.39 is 0 Å². The van der Waals surface area contributed by atoms with Crippen molar-refractivity contribution in [3.63, 3.8) is 0 Å². The lowest BCUT2D eigenvalue weighted by atomic mass is 9.96. The minimum Gasteiger partial charge on any atom is -0.309 e. The third-order valence-electron chi connectivity index (χ3n) is 11.2. The van der Waals surface area contributed by atoms with Crippen LogP contribution in [-0.4, -0.2) is 15.9 Å². The lowest BCUT2D eigenvalue weighted by Gasteiger charge is -2.13. The van der Waals surface area contributed by atoms with Gasteiger partial charge in [-0.1, -0.05) is 97.1 Å². The number of para-hydroxylation sites is 2. The highest BCUT2D eigenvalue weighted by Crippen LogP contribution is 2.47. The second-order valence-corrected chi connectivity index (χ2v) is 14.0. The van der Waals surface area contributed by atoms with Crippen molar-refractivity contribution in [1.82, 2.24) is 9.13 Å². The lowest BCUT2D eigenvalue weighted by Crippen LogP contribution is -1.96. The maximum atomic E-state index is 4.01. The van der Waals surface area contributed by atoms with E-state index in [2.05, 4.69) is 191 Å². The van der Waals surface area contributed by atoms with E-state index in [1.807, 2.05) is 0 Å². The highest BCUT2D eigenvalue weighted by Gasteiger charge is 2.26. The van der Waals surface area contributed by atoms with Gasteiger partial charge in [-0.2, -0.15) is 0 Å². The normalized spacial score (nSPS) is 13.9.